The number of carbonyl (C=O) groups excluding carboxylic acids is 1. The summed E-state index contributed by atoms with van der Waals surface area (Å²) in [5.41, 5.74) is 10.9. The first kappa shape index (κ1) is 22.7. The van der Waals surface area contributed by atoms with Crippen LogP contribution in [0, 0.1) is 13.8 Å². The molecule has 3 heterocycles. The molecule has 0 aliphatic heterocycles. The number of aliphatic hydroxyl groups is 1. The summed E-state index contributed by atoms with van der Waals surface area (Å²) in [5, 5.41) is 19.1. The molecule has 0 spiro atoms. The average molecular weight is 465 g/mol. The Bertz CT molecular complexity index is 1330. The lowest BCUT2D eigenvalue weighted by atomic mass is 10.1. The highest BCUT2D eigenvalue weighted by atomic mass is 35.5. The van der Waals surface area contributed by atoms with Crippen molar-refractivity contribution in [3.8, 4) is 0 Å². The molecule has 0 saturated heterocycles. The molecule has 170 valence electrons. The molecule has 1 unspecified atom stereocenters. The molecule has 4 rings (SSSR count). The van der Waals surface area contributed by atoms with Crippen LogP contribution in [-0.4, -0.2) is 30.8 Å². The molecule has 0 fully saturated rings. The Hall–Kier alpha value is -3.49. The third-order valence-electron chi connectivity index (χ3n) is 5.49. The molecule has 0 bridgehead atoms. The van der Waals surface area contributed by atoms with Crippen LogP contribution in [-0.2, 0) is 13.1 Å². The van der Waals surface area contributed by atoms with E-state index in [9.17, 15) is 9.90 Å². The van der Waals surface area contributed by atoms with Crippen molar-refractivity contribution in [3.63, 3.8) is 0 Å². The molecule has 3 aromatic heterocycles. The van der Waals surface area contributed by atoms with Crippen molar-refractivity contribution < 1.29 is 9.90 Å². The second-order valence-corrected chi connectivity index (χ2v) is 8.53. The standard InChI is InChI=1S/C24H25ClN6O2/c1-13-6-22(26)29-14(2)19(13)10-28-24(33)20-12-31(30-23(20)15(3)32)11-16-4-5-21-17(7-16)8-18(25)9-27-21/h4-9,12,15,32H,10-11H2,1-3H3,(H2,26,29)(H,28,33). The summed E-state index contributed by atoms with van der Waals surface area (Å²) in [6, 6.07) is 9.48. The molecule has 9 heteroatoms. The van der Waals surface area contributed by atoms with Gasteiger partial charge in [0.25, 0.3) is 5.91 Å². The summed E-state index contributed by atoms with van der Waals surface area (Å²) < 4.78 is 1.65. The van der Waals surface area contributed by atoms with E-state index < -0.39 is 6.10 Å². The van der Waals surface area contributed by atoms with Crippen LogP contribution in [0.25, 0.3) is 10.9 Å². The van der Waals surface area contributed by atoms with E-state index in [-0.39, 0.29) is 5.91 Å². The van der Waals surface area contributed by atoms with Crippen LogP contribution in [0.15, 0.2) is 42.7 Å². The molecule has 1 aromatic carbocycles. The van der Waals surface area contributed by atoms with Crippen LogP contribution in [0.4, 0.5) is 5.82 Å². The predicted octanol–water partition coefficient (Wildman–Crippen LogP) is 3.71. The number of nitrogens with two attached hydrogens (primary N) is 1. The van der Waals surface area contributed by atoms with Gasteiger partial charge >= 0.3 is 0 Å². The van der Waals surface area contributed by atoms with Crippen LogP contribution in [0.5, 0.6) is 0 Å². The van der Waals surface area contributed by atoms with Gasteiger partial charge < -0.3 is 16.2 Å². The number of aromatic nitrogens is 4. The first-order valence-corrected chi connectivity index (χ1v) is 10.9. The Morgan fingerprint density at radius 3 is 2.79 bits per heavy atom. The lowest BCUT2D eigenvalue weighted by Gasteiger charge is -2.11. The minimum absolute atomic E-state index is 0.298. The van der Waals surface area contributed by atoms with Gasteiger partial charge in [0.05, 0.1) is 28.8 Å². The number of halogens is 1. The Balaban J connectivity index is 1.56. The number of anilines is 1. The van der Waals surface area contributed by atoms with Gasteiger partial charge in [0, 0.05) is 30.0 Å². The maximum absolute atomic E-state index is 13.0. The molecule has 4 N–H and O–H groups in total. The van der Waals surface area contributed by atoms with Crippen molar-refractivity contribution in [3.05, 3.63) is 81.4 Å². The van der Waals surface area contributed by atoms with Crippen molar-refractivity contribution in [2.45, 2.75) is 40.0 Å². The van der Waals surface area contributed by atoms with Gasteiger partial charge in [-0.3, -0.25) is 14.5 Å². The van der Waals surface area contributed by atoms with Gasteiger partial charge in [-0.15, -0.1) is 0 Å². The molecule has 1 atom stereocenters. The monoisotopic (exact) mass is 464 g/mol. The zero-order chi connectivity index (χ0) is 23.7. The number of aryl methyl sites for hydroxylation is 2. The van der Waals surface area contributed by atoms with E-state index in [1.165, 1.54) is 0 Å². The van der Waals surface area contributed by atoms with E-state index in [1.54, 1.807) is 30.1 Å². The fourth-order valence-electron chi connectivity index (χ4n) is 3.86. The van der Waals surface area contributed by atoms with E-state index in [2.05, 4.69) is 20.4 Å². The fraction of sp³-hybridized carbons (Fsp3) is 0.250. The molecule has 8 nitrogen and oxygen atoms in total. The third kappa shape index (κ3) is 4.97. The smallest absolute Gasteiger partial charge is 0.255 e. The van der Waals surface area contributed by atoms with Crippen LogP contribution >= 0.6 is 11.6 Å². The zero-order valence-corrected chi connectivity index (χ0v) is 19.4. The normalized spacial score (nSPS) is 12.2. The zero-order valence-electron chi connectivity index (χ0n) is 18.6. The summed E-state index contributed by atoms with van der Waals surface area (Å²) in [5.74, 6) is 0.131. The minimum Gasteiger partial charge on any atom is -0.387 e. The number of aliphatic hydroxyl groups excluding tert-OH is 1. The predicted molar refractivity (Wildman–Crippen MR) is 128 cm³/mol. The number of benzene rings is 1. The van der Waals surface area contributed by atoms with Crippen molar-refractivity contribution in [1.82, 2.24) is 25.1 Å². The first-order chi connectivity index (χ1) is 15.7. The Morgan fingerprint density at radius 2 is 2.06 bits per heavy atom. The molecular weight excluding hydrogens is 440 g/mol. The van der Waals surface area contributed by atoms with E-state index in [0.29, 0.717) is 35.2 Å². The topological polar surface area (TPSA) is 119 Å². The summed E-state index contributed by atoms with van der Waals surface area (Å²) >= 11 is 6.06. The lowest BCUT2D eigenvalue weighted by Crippen LogP contribution is -2.25. The number of pyridine rings is 2. The molecule has 0 saturated carbocycles. The van der Waals surface area contributed by atoms with Crippen molar-refractivity contribution in [1.29, 1.82) is 0 Å². The van der Waals surface area contributed by atoms with Crippen LogP contribution in [0.3, 0.4) is 0 Å². The summed E-state index contributed by atoms with van der Waals surface area (Å²) in [6.07, 6.45) is 2.37. The van der Waals surface area contributed by atoms with Crippen LogP contribution in [0.2, 0.25) is 5.02 Å². The van der Waals surface area contributed by atoms with Gasteiger partial charge in [-0.05, 0) is 61.7 Å². The second-order valence-electron chi connectivity index (χ2n) is 8.09. The van der Waals surface area contributed by atoms with E-state index >= 15 is 0 Å². The van der Waals surface area contributed by atoms with Gasteiger partial charge in [-0.1, -0.05) is 17.7 Å². The van der Waals surface area contributed by atoms with Gasteiger partial charge in [0.15, 0.2) is 0 Å². The van der Waals surface area contributed by atoms with Crippen molar-refractivity contribution in [2.24, 2.45) is 0 Å². The number of nitrogens with zero attached hydrogens (tertiary/aromatic N) is 4. The number of hydrogen-bond donors (Lipinski definition) is 3. The quantitative estimate of drug-likeness (QED) is 0.400. The Morgan fingerprint density at radius 1 is 1.27 bits per heavy atom. The number of fused-ring (bicyclic) bond motifs is 1. The largest absolute Gasteiger partial charge is 0.387 e. The SMILES string of the molecule is Cc1cc(N)nc(C)c1CNC(=O)c1cn(Cc2ccc3ncc(Cl)cc3c2)nc1C(C)O. The lowest BCUT2D eigenvalue weighted by molar-refractivity contribution is 0.0944. The highest BCUT2D eigenvalue weighted by Gasteiger charge is 2.20. The number of amides is 1. The highest BCUT2D eigenvalue weighted by Crippen LogP contribution is 2.21. The number of nitrogen functional groups attached to an aromatic ring is 1. The first-order valence-electron chi connectivity index (χ1n) is 10.5. The number of hydrogen-bond acceptors (Lipinski definition) is 6. The van der Waals surface area contributed by atoms with Crippen molar-refractivity contribution >= 4 is 34.2 Å². The molecule has 0 radical (unpaired) electrons. The molecule has 33 heavy (non-hydrogen) atoms. The average Bonchev–Trinajstić information content (AvgIpc) is 3.17. The van der Waals surface area contributed by atoms with Crippen LogP contribution in [0.1, 0.15) is 51.5 Å². The van der Waals surface area contributed by atoms with Gasteiger partial charge in [-0.25, -0.2) is 4.98 Å². The number of carbonyl (C=O) groups is 1. The second kappa shape index (κ2) is 9.17. The fourth-order valence-corrected chi connectivity index (χ4v) is 4.03. The summed E-state index contributed by atoms with van der Waals surface area (Å²) in [6.45, 7) is 6.10. The van der Waals surface area contributed by atoms with E-state index in [1.807, 2.05) is 38.1 Å². The van der Waals surface area contributed by atoms with E-state index in [4.69, 9.17) is 17.3 Å². The Labute approximate surface area is 196 Å². The number of rotatable bonds is 6. The van der Waals surface area contributed by atoms with Gasteiger partial charge in [-0.2, -0.15) is 5.10 Å². The third-order valence-corrected chi connectivity index (χ3v) is 5.69. The Kier molecular flexibility index (Phi) is 6.31. The van der Waals surface area contributed by atoms with Gasteiger partial charge in [0.1, 0.15) is 11.5 Å². The number of nitrogens with one attached hydrogen (secondary N) is 1. The molecule has 1 amide bonds. The summed E-state index contributed by atoms with van der Waals surface area (Å²) in [4.78, 5) is 21.5. The highest BCUT2D eigenvalue weighted by molar-refractivity contribution is 6.31. The maximum atomic E-state index is 13.0. The summed E-state index contributed by atoms with van der Waals surface area (Å²) in [7, 11) is 0. The molecular formula is C24H25ClN6O2. The molecule has 0 aliphatic rings. The molecule has 0 aliphatic carbocycles. The van der Waals surface area contributed by atoms with E-state index in [0.717, 1.165) is 33.3 Å². The minimum atomic E-state index is -0.895. The van der Waals surface area contributed by atoms with Gasteiger partial charge in [0.2, 0.25) is 0 Å². The van der Waals surface area contributed by atoms with Crippen molar-refractivity contribution in [2.75, 3.05) is 5.73 Å². The van der Waals surface area contributed by atoms with Crippen LogP contribution < -0.4 is 11.1 Å². The maximum Gasteiger partial charge on any atom is 0.255 e. The molecule has 4 aromatic rings.